The van der Waals surface area contributed by atoms with Crippen LogP contribution < -0.4 is 10.1 Å². The molecule has 1 amide bonds. The molecule has 0 aliphatic carbocycles. The van der Waals surface area contributed by atoms with Gasteiger partial charge in [0.1, 0.15) is 11.3 Å². The molecule has 29 heavy (non-hydrogen) atoms. The van der Waals surface area contributed by atoms with Gasteiger partial charge >= 0.3 is 0 Å². The second-order valence-electron chi connectivity index (χ2n) is 6.22. The van der Waals surface area contributed by atoms with Gasteiger partial charge in [-0.15, -0.1) is 0 Å². The summed E-state index contributed by atoms with van der Waals surface area (Å²) in [6.07, 6.45) is 1.71. The van der Waals surface area contributed by atoms with E-state index in [0.29, 0.717) is 17.2 Å². The van der Waals surface area contributed by atoms with Crippen molar-refractivity contribution < 1.29 is 14.5 Å². The lowest BCUT2D eigenvalue weighted by atomic mass is 10.2. The quantitative estimate of drug-likeness (QED) is 0.377. The maximum absolute atomic E-state index is 12.3. The Labute approximate surface area is 165 Å². The van der Waals surface area contributed by atoms with Gasteiger partial charge in [-0.1, -0.05) is 24.3 Å². The van der Waals surface area contributed by atoms with Crippen LogP contribution in [0.5, 0.6) is 11.5 Å². The van der Waals surface area contributed by atoms with Crippen LogP contribution in [-0.2, 0) is 0 Å². The molecule has 1 N–H and O–H groups in total. The Bertz CT molecular complexity index is 1200. The molecule has 142 valence electrons. The molecule has 1 aromatic heterocycles. The first kappa shape index (κ1) is 18.1. The third-order valence-corrected chi connectivity index (χ3v) is 4.25. The van der Waals surface area contributed by atoms with Gasteiger partial charge in [0.15, 0.2) is 5.75 Å². The summed E-state index contributed by atoms with van der Waals surface area (Å²) in [6, 6.07) is 21.9. The van der Waals surface area contributed by atoms with Gasteiger partial charge in [-0.05, 0) is 42.5 Å². The Morgan fingerprint density at radius 2 is 1.72 bits per heavy atom. The molecule has 7 heteroatoms. The molecule has 0 bridgehead atoms. The first-order valence-electron chi connectivity index (χ1n) is 8.78. The summed E-state index contributed by atoms with van der Waals surface area (Å²) >= 11 is 0. The van der Waals surface area contributed by atoms with Crippen molar-refractivity contribution in [2.75, 3.05) is 5.32 Å². The molecule has 0 aliphatic rings. The van der Waals surface area contributed by atoms with Crippen molar-refractivity contribution in [1.29, 1.82) is 0 Å². The van der Waals surface area contributed by atoms with E-state index in [1.807, 2.05) is 30.3 Å². The molecule has 1 heterocycles. The number of aromatic nitrogens is 1. The minimum atomic E-state index is -0.537. The Morgan fingerprint density at radius 3 is 2.52 bits per heavy atom. The number of pyridine rings is 1. The van der Waals surface area contributed by atoms with E-state index in [1.165, 1.54) is 24.3 Å². The summed E-state index contributed by atoms with van der Waals surface area (Å²) in [5, 5.41) is 14.6. The Morgan fingerprint density at radius 1 is 0.966 bits per heavy atom. The van der Waals surface area contributed by atoms with E-state index in [4.69, 9.17) is 4.74 Å². The van der Waals surface area contributed by atoms with Crippen molar-refractivity contribution in [3.8, 4) is 11.5 Å². The largest absolute Gasteiger partial charge is 0.455 e. The molecule has 3 aromatic carbocycles. The van der Waals surface area contributed by atoms with E-state index >= 15 is 0 Å². The lowest BCUT2D eigenvalue weighted by Gasteiger charge is -2.10. The number of para-hydroxylation sites is 1. The zero-order chi connectivity index (χ0) is 20.2. The zero-order valence-electron chi connectivity index (χ0n) is 15.1. The number of hydrogen-bond donors (Lipinski definition) is 1. The van der Waals surface area contributed by atoms with Gasteiger partial charge < -0.3 is 10.1 Å². The van der Waals surface area contributed by atoms with Gasteiger partial charge in [0.25, 0.3) is 11.6 Å². The predicted molar refractivity (Wildman–Crippen MR) is 109 cm³/mol. The van der Waals surface area contributed by atoms with Crippen molar-refractivity contribution in [2.45, 2.75) is 0 Å². The lowest BCUT2D eigenvalue weighted by Crippen LogP contribution is -2.11. The van der Waals surface area contributed by atoms with Gasteiger partial charge in [-0.25, -0.2) is 0 Å². The van der Waals surface area contributed by atoms with Crippen molar-refractivity contribution in [2.24, 2.45) is 0 Å². The first-order valence-corrected chi connectivity index (χ1v) is 8.78. The molecule has 4 rings (SSSR count). The number of hydrogen-bond acceptors (Lipinski definition) is 5. The topological polar surface area (TPSA) is 94.4 Å². The monoisotopic (exact) mass is 385 g/mol. The maximum atomic E-state index is 12.3. The van der Waals surface area contributed by atoms with Crippen LogP contribution in [0, 0.1) is 10.1 Å². The number of fused-ring (bicyclic) bond motifs is 1. The highest BCUT2D eigenvalue weighted by Gasteiger charge is 2.12. The number of nitrogens with one attached hydrogen (secondary N) is 1. The number of rotatable bonds is 5. The van der Waals surface area contributed by atoms with E-state index in [-0.39, 0.29) is 11.3 Å². The second-order valence-corrected chi connectivity index (χ2v) is 6.22. The van der Waals surface area contributed by atoms with Crippen molar-refractivity contribution >= 4 is 28.2 Å². The van der Waals surface area contributed by atoms with Gasteiger partial charge in [0.05, 0.1) is 4.92 Å². The molecule has 0 fully saturated rings. The third kappa shape index (κ3) is 4.03. The number of benzene rings is 3. The summed E-state index contributed by atoms with van der Waals surface area (Å²) in [7, 11) is 0. The molecule has 7 nitrogen and oxygen atoms in total. The Hall–Kier alpha value is -4.26. The number of anilines is 1. The molecule has 0 saturated heterocycles. The van der Waals surface area contributed by atoms with Crippen LogP contribution in [0.1, 0.15) is 10.4 Å². The number of amides is 1. The number of carbonyl (C=O) groups is 1. The van der Waals surface area contributed by atoms with Crippen LogP contribution in [0.15, 0.2) is 85.1 Å². The van der Waals surface area contributed by atoms with Crippen molar-refractivity contribution in [3.05, 3.63) is 101 Å². The van der Waals surface area contributed by atoms with Crippen LogP contribution in [0.4, 0.5) is 11.4 Å². The third-order valence-electron chi connectivity index (χ3n) is 4.25. The average Bonchev–Trinajstić information content (AvgIpc) is 2.75. The lowest BCUT2D eigenvalue weighted by molar-refractivity contribution is -0.384. The summed E-state index contributed by atoms with van der Waals surface area (Å²) in [5.41, 5.74) is 1.38. The van der Waals surface area contributed by atoms with E-state index in [1.54, 1.807) is 30.5 Å². The fraction of sp³-hybridized carbons (Fsp3) is 0. The fourth-order valence-corrected chi connectivity index (χ4v) is 2.86. The summed E-state index contributed by atoms with van der Waals surface area (Å²) in [4.78, 5) is 27.0. The second kappa shape index (κ2) is 7.77. The number of nitro groups is 1. The summed E-state index contributed by atoms with van der Waals surface area (Å²) in [5.74, 6) is 0.800. The van der Waals surface area contributed by atoms with Crippen molar-refractivity contribution in [3.63, 3.8) is 0 Å². The van der Waals surface area contributed by atoms with Gasteiger partial charge in [-0.2, -0.15) is 0 Å². The number of ether oxygens (including phenoxy) is 1. The standard InChI is InChI=1S/C22H15N3O4/c26-22(16-5-1-7-18(14-16)25(27)28)24-17-9-11-19(12-10-17)29-20-8-2-4-15-6-3-13-23-21(15)20/h1-14H,(H,24,26). The van der Waals surface area contributed by atoms with Crippen molar-refractivity contribution in [1.82, 2.24) is 4.98 Å². The molecule has 0 radical (unpaired) electrons. The smallest absolute Gasteiger partial charge is 0.270 e. The SMILES string of the molecule is O=C(Nc1ccc(Oc2cccc3cccnc23)cc1)c1cccc([N+](=O)[O-])c1. The Kier molecular flexibility index (Phi) is 4.86. The highest BCUT2D eigenvalue weighted by molar-refractivity contribution is 6.04. The highest BCUT2D eigenvalue weighted by Crippen LogP contribution is 2.29. The average molecular weight is 385 g/mol. The van der Waals surface area contributed by atoms with Crippen LogP contribution in [0.3, 0.4) is 0 Å². The molecule has 0 aliphatic heterocycles. The van der Waals surface area contributed by atoms with Gasteiger partial charge in [0.2, 0.25) is 0 Å². The van der Waals surface area contributed by atoms with Crippen LogP contribution in [0.2, 0.25) is 0 Å². The van der Waals surface area contributed by atoms with E-state index < -0.39 is 10.8 Å². The highest BCUT2D eigenvalue weighted by atomic mass is 16.6. The van der Waals surface area contributed by atoms with Crippen LogP contribution in [0.25, 0.3) is 10.9 Å². The number of carbonyl (C=O) groups excluding carboxylic acids is 1. The molecule has 0 saturated carbocycles. The maximum Gasteiger partial charge on any atom is 0.270 e. The fourth-order valence-electron chi connectivity index (χ4n) is 2.86. The van der Waals surface area contributed by atoms with E-state index in [2.05, 4.69) is 10.3 Å². The minimum absolute atomic E-state index is 0.134. The Balaban J connectivity index is 1.49. The summed E-state index contributed by atoms with van der Waals surface area (Å²) < 4.78 is 5.93. The molecule has 0 atom stereocenters. The van der Waals surface area contributed by atoms with Crippen LogP contribution in [-0.4, -0.2) is 15.8 Å². The zero-order valence-corrected chi connectivity index (χ0v) is 15.1. The summed E-state index contributed by atoms with van der Waals surface area (Å²) in [6.45, 7) is 0. The molecule has 0 spiro atoms. The van der Waals surface area contributed by atoms with Gasteiger partial charge in [-0.3, -0.25) is 19.9 Å². The number of non-ortho nitro benzene ring substituents is 1. The van der Waals surface area contributed by atoms with Gasteiger partial charge in [0, 0.05) is 35.0 Å². The number of nitrogens with zero attached hydrogens (tertiary/aromatic N) is 2. The minimum Gasteiger partial charge on any atom is -0.455 e. The van der Waals surface area contributed by atoms with E-state index in [9.17, 15) is 14.9 Å². The molecule has 0 unspecified atom stereocenters. The number of nitro benzene ring substituents is 1. The predicted octanol–water partition coefficient (Wildman–Crippen LogP) is 5.19. The normalized spacial score (nSPS) is 10.5. The molecular formula is C22H15N3O4. The van der Waals surface area contributed by atoms with E-state index in [0.717, 1.165) is 10.9 Å². The van der Waals surface area contributed by atoms with Crippen LogP contribution >= 0.6 is 0 Å². The molecular weight excluding hydrogens is 370 g/mol. The molecule has 4 aromatic rings. The first-order chi connectivity index (χ1) is 14.1.